The second-order valence-electron chi connectivity index (χ2n) is 5.09. The summed E-state index contributed by atoms with van der Waals surface area (Å²) in [5.41, 5.74) is 0.994. The van der Waals surface area contributed by atoms with E-state index in [1.165, 1.54) is 0 Å². The summed E-state index contributed by atoms with van der Waals surface area (Å²) in [6, 6.07) is 9.69. The molecule has 5 nitrogen and oxygen atoms in total. The molecule has 1 fully saturated rings. The van der Waals surface area contributed by atoms with Crippen LogP contribution in [0.15, 0.2) is 36.4 Å². The first-order valence-corrected chi connectivity index (χ1v) is 7.11. The first kappa shape index (κ1) is 15.3. The third kappa shape index (κ3) is 5.04. The van der Waals surface area contributed by atoms with Crippen LogP contribution in [0.25, 0.3) is 6.08 Å². The molecule has 2 rings (SSSR count). The average Bonchev–Trinajstić information content (AvgIpc) is 2.71. The predicted octanol–water partition coefficient (Wildman–Crippen LogP) is 1.32. The van der Waals surface area contributed by atoms with Gasteiger partial charge in [-0.15, -0.1) is 0 Å². The molecule has 0 spiro atoms. The van der Waals surface area contributed by atoms with Crippen molar-refractivity contribution >= 4 is 18.0 Å². The molecule has 1 aromatic carbocycles. The number of amides is 1. The molecular formula is C16H20N2O3. The van der Waals surface area contributed by atoms with Gasteiger partial charge in [0.25, 0.3) is 0 Å². The lowest BCUT2D eigenvalue weighted by Crippen LogP contribution is -2.36. The SMILES string of the molecule is O=C(O)CN1CCCN(C(=O)C=Cc2ccccc2)CC1. The van der Waals surface area contributed by atoms with Crippen molar-refractivity contribution in [1.82, 2.24) is 9.80 Å². The molecular weight excluding hydrogens is 268 g/mol. The monoisotopic (exact) mass is 288 g/mol. The van der Waals surface area contributed by atoms with Crippen LogP contribution in [-0.4, -0.2) is 59.5 Å². The Morgan fingerprint density at radius 1 is 1.10 bits per heavy atom. The summed E-state index contributed by atoms with van der Waals surface area (Å²) in [6.45, 7) is 2.62. The van der Waals surface area contributed by atoms with Crippen molar-refractivity contribution in [3.63, 3.8) is 0 Å². The summed E-state index contributed by atoms with van der Waals surface area (Å²) in [5.74, 6) is -0.838. The van der Waals surface area contributed by atoms with E-state index in [1.54, 1.807) is 11.0 Å². The fraction of sp³-hybridized carbons (Fsp3) is 0.375. The predicted molar refractivity (Wildman–Crippen MR) is 80.7 cm³/mol. The Morgan fingerprint density at radius 2 is 1.86 bits per heavy atom. The minimum Gasteiger partial charge on any atom is -0.480 e. The molecule has 0 unspecified atom stereocenters. The van der Waals surface area contributed by atoms with Crippen LogP contribution in [0.2, 0.25) is 0 Å². The molecule has 0 radical (unpaired) electrons. The maximum absolute atomic E-state index is 12.2. The Morgan fingerprint density at radius 3 is 2.57 bits per heavy atom. The lowest BCUT2D eigenvalue weighted by atomic mass is 10.2. The zero-order valence-electron chi connectivity index (χ0n) is 11.9. The molecule has 0 atom stereocenters. The molecule has 5 heteroatoms. The largest absolute Gasteiger partial charge is 0.480 e. The number of nitrogens with zero attached hydrogens (tertiary/aromatic N) is 2. The van der Waals surface area contributed by atoms with Gasteiger partial charge in [-0.05, 0) is 18.1 Å². The molecule has 0 aliphatic carbocycles. The van der Waals surface area contributed by atoms with Crippen molar-refractivity contribution in [3.05, 3.63) is 42.0 Å². The van der Waals surface area contributed by atoms with E-state index in [4.69, 9.17) is 5.11 Å². The van der Waals surface area contributed by atoms with Gasteiger partial charge in [0.1, 0.15) is 0 Å². The number of carboxylic acids is 1. The van der Waals surface area contributed by atoms with Crippen molar-refractivity contribution in [2.45, 2.75) is 6.42 Å². The lowest BCUT2D eigenvalue weighted by Gasteiger charge is -2.19. The van der Waals surface area contributed by atoms with Crippen molar-refractivity contribution in [2.24, 2.45) is 0 Å². The van der Waals surface area contributed by atoms with Gasteiger partial charge in [-0.25, -0.2) is 0 Å². The van der Waals surface area contributed by atoms with Gasteiger partial charge in [0.05, 0.1) is 6.54 Å². The number of hydrogen-bond acceptors (Lipinski definition) is 3. The highest BCUT2D eigenvalue weighted by molar-refractivity contribution is 5.91. The highest BCUT2D eigenvalue weighted by Crippen LogP contribution is 2.06. The van der Waals surface area contributed by atoms with E-state index >= 15 is 0 Å². The van der Waals surface area contributed by atoms with Gasteiger partial charge in [0, 0.05) is 32.3 Å². The zero-order chi connectivity index (χ0) is 15.1. The summed E-state index contributed by atoms with van der Waals surface area (Å²) in [5, 5.41) is 8.81. The number of carbonyl (C=O) groups excluding carboxylic acids is 1. The standard InChI is InChI=1S/C16H20N2O3/c19-15(8-7-14-5-2-1-3-6-14)18-10-4-9-17(11-12-18)13-16(20)21/h1-3,5-8H,4,9-13H2,(H,20,21). The topological polar surface area (TPSA) is 60.9 Å². The molecule has 1 aliphatic heterocycles. The molecule has 1 aromatic rings. The molecule has 1 N–H and O–H groups in total. The van der Waals surface area contributed by atoms with Gasteiger partial charge in [-0.1, -0.05) is 30.3 Å². The van der Waals surface area contributed by atoms with Gasteiger partial charge in [-0.3, -0.25) is 14.5 Å². The maximum Gasteiger partial charge on any atom is 0.317 e. The third-order valence-corrected chi connectivity index (χ3v) is 3.48. The van der Waals surface area contributed by atoms with Crippen LogP contribution in [-0.2, 0) is 9.59 Å². The normalized spacial score (nSPS) is 16.9. The van der Waals surface area contributed by atoms with E-state index in [2.05, 4.69) is 0 Å². The summed E-state index contributed by atoms with van der Waals surface area (Å²) >= 11 is 0. The van der Waals surface area contributed by atoms with Crippen LogP contribution in [0.1, 0.15) is 12.0 Å². The number of carbonyl (C=O) groups is 2. The minimum atomic E-state index is -0.821. The summed E-state index contributed by atoms with van der Waals surface area (Å²) in [7, 11) is 0. The van der Waals surface area contributed by atoms with Crippen molar-refractivity contribution in [2.75, 3.05) is 32.7 Å². The molecule has 0 aromatic heterocycles. The highest BCUT2D eigenvalue weighted by Gasteiger charge is 2.18. The number of hydrogen-bond donors (Lipinski definition) is 1. The Labute approximate surface area is 124 Å². The van der Waals surface area contributed by atoms with Crippen molar-refractivity contribution in [3.8, 4) is 0 Å². The van der Waals surface area contributed by atoms with Crippen LogP contribution in [0, 0.1) is 0 Å². The number of benzene rings is 1. The first-order chi connectivity index (χ1) is 10.1. The molecule has 21 heavy (non-hydrogen) atoms. The Kier molecular flexibility index (Phi) is 5.51. The van der Waals surface area contributed by atoms with E-state index in [0.29, 0.717) is 19.6 Å². The van der Waals surface area contributed by atoms with Crippen LogP contribution in [0.3, 0.4) is 0 Å². The fourth-order valence-corrected chi connectivity index (χ4v) is 2.38. The smallest absolute Gasteiger partial charge is 0.317 e. The van der Waals surface area contributed by atoms with Gasteiger partial charge in [-0.2, -0.15) is 0 Å². The average molecular weight is 288 g/mol. The quantitative estimate of drug-likeness (QED) is 0.849. The third-order valence-electron chi connectivity index (χ3n) is 3.48. The van der Waals surface area contributed by atoms with E-state index in [1.807, 2.05) is 41.3 Å². The lowest BCUT2D eigenvalue weighted by molar-refractivity contribution is -0.138. The second kappa shape index (κ2) is 7.59. The molecule has 1 amide bonds. The minimum absolute atomic E-state index is 0.0176. The molecule has 1 heterocycles. The fourth-order valence-electron chi connectivity index (χ4n) is 2.38. The number of carboxylic acid groups (broad SMARTS) is 1. The second-order valence-corrected chi connectivity index (χ2v) is 5.09. The summed E-state index contributed by atoms with van der Waals surface area (Å²) in [4.78, 5) is 26.5. The van der Waals surface area contributed by atoms with E-state index < -0.39 is 5.97 Å². The Balaban J connectivity index is 1.88. The van der Waals surface area contributed by atoms with E-state index in [9.17, 15) is 9.59 Å². The maximum atomic E-state index is 12.2. The zero-order valence-corrected chi connectivity index (χ0v) is 11.9. The number of rotatable bonds is 4. The van der Waals surface area contributed by atoms with Gasteiger partial charge in [0.2, 0.25) is 5.91 Å². The number of aliphatic carboxylic acids is 1. The van der Waals surface area contributed by atoms with Crippen LogP contribution in [0.4, 0.5) is 0 Å². The van der Waals surface area contributed by atoms with E-state index in [-0.39, 0.29) is 12.5 Å². The molecule has 112 valence electrons. The Hall–Kier alpha value is -2.14. The van der Waals surface area contributed by atoms with Gasteiger partial charge < -0.3 is 10.0 Å². The van der Waals surface area contributed by atoms with Crippen LogP contribution < -0.4 is 0 Å². The van der Waals surface area contributed by atoms with Crippen LogP contribution in [0.5, 0.6) is 0 Å². The molecule has 0 saturated carbocycles. The first-order valence-electron chi connectivity index (χ1n) is 7.11. The Bertz CT molecular complexity index is 514. The summed E-state index contributed by atoms with van der Waals surface area (Å²) in [6.07, 6.45) is 4.20. The summed E-state index contributed by atoms with van der Waals surface area (Å²) < 4.78 is 0. The highest BCUT2D eigenvalue weighted by atomic mass is 16.4. The van der Waals surface area contributed by atoms with Crippen LogP contribution >= 0.6 is 0 Å². The van der Waals surface area contributed by atoms with Crippen molar-refractivity contribution < 1.29 is 14.7 Å². The molecule has 0 bridgehead atoms. The molecule has 1 saturated heterocycles. The van der Waals surface area contributed by atoms with E-state index in [0.717, 1.165) is 18.5 Å². The van der Waals surface area contributed by atoms with Gasteiger partial charge >= 0.3 is 5.97 Å². The van der Waals surface area contributed by atoms with Crippen molar-refractivity contribution in [1.29, 1.82) is 0 Å². The van der Waals surface area contributed by atoms with Gasteiger partial charge in [0.15, 0.2) is 0 Å². The molecule has 1 aliphatic rings.